The Labute approximate surface area is 145 Å². The predicted molar refractivity (Wildman–Crippen MR) is 98.9 cm³/mol. The van der Waals surface area contributed by atoms with Gasteiger partial charge in [-0.05, 0) is 36.8 Å². The zero-order valence-corrected chi connectivity index (χ0v) is 14.4. The monoisotopic (exact) mass is 321 g/mol. The molecular weight excluding hydrogens is 294 g/mol. The number of benzene rings is 2. The zero-order chi connectivity index (χ0) is 16.6. The molecule has 126 valence electrons. The van der Waals surface area contributed by atoms with Crippen LogP contribution in [0.1, 0.15) is 43.2 Å². The molecule has 0 atom stereocenters. The molecule has 1 saturated carbocycles. The molecule has 0 aromatic heterocycles. The summed E-state index contributed by atoms with van der Waals surface area (Å²) in [5.74, 6) is 0.321. The SMILES string of the molecule is O=C(CCc1ccccc1)N(CCc1ccccc1)C1CCCC1. The van der Waals surface area contributed by atoms with Crippen LogP contribution >= 0.6 is 0 Å². The number of hydrogen-bond acceptors (Lipinski definition) is 1. The van der Waals surface area contributed by atoms with Crippen LogP contribution in [0.2, 0.25) is 0 Å². The van der Waals surface area contributed by atoms with Crippen LogP contribution in [0.4, 0.5) is 0 Å². The van der Waals surface area contributed by atoms with Gasteiger partial charge < -0.3 is 4.90 Å². The molecule has 0 radical (unpaired) electrons. The summed E-state index contributed by atoms with van der Waals surface area (Å²) in [4.78, 5) is 15.0. The minimum atomic E-state index is 0.321. The number of nitrogens with zero attached hydrogens (tertiary/aromatic N) is 1. The summed E-state index contributed by atoms with van der Waals surface area (Å²) in [6, 6.07) is 21.3. The van der Waals surface area contributed by atoms with Gasteiger partial charge in [-0.3, -0.25) is 4.79 Å². The first kappa shape index (κ1) is 16.8. The Hall–Kier alpha value is -2.09. The van der Waals surface area contributed by atoms with Crippen LogP contribution < -0.4 is 0 Å². The van der Waals surface area contributed by atoms with E-state index in [4.69, 9.17) is 0 Å². The molecule has 0 spiro atoms. The van der Waals surface area contributed by atoms with Crippen molar-refractivity contribution in [2.24, 2.45) is 0 Å². The van der Waals surface area contributed by atoms with Gasteiger partial charge in [0.1, 0.15) is 0 Å². The predicted octanol–water partition coefficient (Wildman–Crippen LogP) is 4.63. The molecule has 1 amide bonds. The quantitative estimate of drug-likeness (QED) is 0.728. The lowest BCUT2D eigenvalue weighted by atomic mass is 10.1. The van der Waals surface area contributed by atoms with Crippen LogP contribution in [0, 0.1) is 0 Å². The molecule has 0 aliphatic heterocycles. The lowest BCUT2D eigenvalue weighted by Crippen LogP contribution is -2.40. The topological polar surface area (TPSA) is 20.3 Å². The normalized spacial score (nSPS) is 14.7. The van der Waals surface area contributed by atoms with Crippen molar-refractivity contribution in [3.63, 3.8) is 0 Å². The molecule has 0 N–H and O–H groups in total. The van der Waals surface area contributed by atoms with Gasteiger partial charge in [0, 0.05) is 19.0 Å². The molecule has 3 rings (SSSR count). The highest BCUT2D eigenvalue weighted by atomic mass is 16.2. The molecule has 1 fully saturated rings. The van der Waals surface area contributed by atoms with E-state index >= 15 is 0 Å². The van der Waals surface area contributed by atoms with Crippen molar-refractivity contribution in [2.45, 2.75) is 51.0 Å². The Balaban J connectivity index is 1.59. The molecule has 24 heavy (non-hydrogen) atoms. The van der Waals surface area contributed by atoms with Gasteiger partial charge in [-0.1, -0.05) is 73.5 Å². The fourth-order valence-electron chi connectivity index (χ4n) is 3.66. The van der Waals surface area contributed by atoms with E-state index in [2.05, 4.69) is 41.3 Å². The molecule has 1 aliphatic carbocycles. The molecular formula is C22H27NO. The van der Waals surface area contributed by atoms with Gasteiger partial charge in [-0.15, -0.1) is 0 Å². The van der Waals surface area contributed by atoms with Crippen molar-refractivity contribution in [3.8, 4) is 0 Å². The van der Waals surface area contributed by atoms with Crippen LogP contribution in [0.15, 0.2) is 60.7 Å². The Morgan fingerprint density at radius 2 is 1.38 bits per heavy atom. The molecule has 2 aromatic rings. The summed E-state index contributed by atoms with van der Waals surface area (Å²) >= 11 is 0. The minimum Gasteiger partial charge on any atom is -0.339 e. The van der Waals surface area contributed by atoms with Gasteiger partial charge in [0.25, 0.3) is 0 Å². The first-order chi connectivity index (χ1) is 11.8. The third kappa shape index (κ3) is 4.70. The average molecular weight is 321 g/mol. The van der Waals surface area contributed by atoms with Crippen molar-refractivity contribution >= 4 is 5.91 Å². The highest BCUT2D eigenvalue weighted by Gasteiger charge is 2.26. The second-order valence-electron chi connectivity index (χ2n) is 6.75. The van der Waals surface area contributed by atoms with E-state index < -0.39 is 0 Å². The van der Waals surface area contributed by atoms with E-state index in [9.17, 15) is 4.79 Å². The molecule has 0 bridgehead atoms. The third-order valence-electron chi connectivity index (χ3n) is 5.04. The maximum absolute atomic E-state index is 12.9. The summed E-state index contributed by atoms with van der Waals surface area (Å²) in [6.07, 6.45) is 7.28. The largest absolute Gasteiger partial charge is 0.339 e. The van der Waals surface area contributed by atoms with Gasteiger partial charge in [0.2, 0.25) is 5.91 Å². The fraction of sp³-hybridized carbons (Fsp3) is 0.409. The summed E-state index contributed by atoms with van der Waals surface area (Å²) < 4.78 is 0. The maximum atomic E-state index is 12.9. The highest BCUT2D eigenvalue weighted by Crippen LogP contribution is 2.24. The summed E-state index contributed by atoms with van der Waals surface area (Å²) in [6.45, 7) is 0.850. The van der Waals surface area contributed by atoms with E-state index in [1.54, 1.807) is 0 Å². The number of rotatable bonds is 7. The molecule has 0 heterocycles. The van der Waals surface area contributed by atoms with E-state index in [1.807, 2.05) is 24.3 Å². The van der Waals surface area contributed by atoms with Crippen molar-refractivity contribution in [1.82, 2.24) is 4.90 Å². The van der Waals surface area contributed by atoms with Crippen LogP contribution in [0.3, 0.4) is 0 Å². The Morgan fingerprint density at radius 1 is 0.833 bits per heavy atom. The van der Waals surface area contributed by atoms with Crippen LogP contribution in [0.5, 0.6) is 0 Å². The number of amides is 1. The van der Waals surface area contributed by atoms with Gasteiger partial charge in [-0.25, -0.2) is 0 Å². The first-order valence-corrected chi connectivity index (χ1v) is 9.20. The van der Waals surface area contributed by atoms with E-state index in [1.165, 1.54) is 36.8 Å². The second-order valence-corrected chi connectivity index (χ2v) is 6.75. The van der Waals surface area contributed by atoms with Gasteiger partial charge >= 0.3 is 0 Å². The van der Waals surface area contributed by atoms with Crippen molar-refractivity contribution < 1.29 is 4.79 Å². The standard InChI is InChI=1S/C22H27NO/c24-22(16-15-19-9-3-1-4-10-19)23(21-13-7-8-14-21)18-17-20-11-5-2-6-12-20/h1-6,9-12,21H,7-8,13-18H2. The zero-order valence-electron chi connectivity index (χ0n) is 14.4. The number of hydrogen-bond donors (Lipinski definition) is 0. The maximum Gasteiger partial charge on any atom is 0.223 e. The summed E-state index contributed by atoms with van der Waals surface area (Å²) in [5, 5.41) is 0. The third-order valence-corrected chi connectivity index (χ3v) is 5.04. The minimum absolute atomic E-state index is 0.321. The molecule has 0 saturated heterocycles. The fourth-order valence-corrected chi connectivity index (χ4v) is 3.66. The number of aryl methyl sites for hydroxylation is 1. The van der Waals surface area contributed by atoms with Crippen LogP contribution in [-0.2, 0) is 17.6 Å². The van der Waals surface area contributed by atoms with E-state index in [-0.39, 0.29) is 0 Å². The second kappa shape index (κ2) is 8.68. The highest BCUT2D eigenvalue weighted by molar-refractivity contribution is 5.76. The first-order valence-electron chi connectivity index (χ1n) is 9.20. The van der Waals surface area contributed by atoms with Crippen molar-refractivity contribution in [2.75, 3.05) is 6.54 Å². The van der Waals surface area contributed by atoms with Gasteiger partial charge in [0.15, 0.2) is 0 Å². The Bertz CT molecular complexity index is 617. The van der Waals surface area contributed by atoms with Crippen LogP contribution in [-0.4, -0.2) is 23.4 Å². The lowest BCUT2D eigenvalue weighted by Gasteiger charge is -2.29. The van der Waals surface area contributed by atoms with Crippen LogP contribution in [0.25, 0.3) is 0 Å². The molecule has 2 aromatic carbocycles. The smallest absolute Gasteiger partial charge is 0.223 e. The molecule has 2 nitrogen and oxygen atoms in total. The van der Waals surface area contributed by atoms with Gasteiger partial charge in [0.05, 0.1) is 0 Å². The molecule has 1 aliphatic rings. The van der Waals surface area contributed by atoms with Gasteiger partial charge in [-0.2, -0.15) is 0 Å². The van der Waals surface area contributed by atoms with E-state index in [0.717, 1.165) is 19.4 Å². The Morgan fingerprint density at radius 3 is 1.96 bits per heavy atom. The number of carbonyl (C=O) groups is 1. The van der Waals surface area contributed by atoms with Crippen molar-refractivity contribution in [3.05, 3.63) is 71.8 Å². The summed E-state index contributed by atoms with van der Waals surface area (Å²) in [7, 11) is 0. The Kier molecular flexibility index (Phi) is 6.06. The molecule has 2 heteroatoms. The van der Waals surface area contributed by atoms with Crippen molar-refractivity contribution in [1.29, 1.82) is 0 Å². The number of carbonyl (C=O) groups excluding carboxylic acids is 1. The average Bonchev–Trinajstić information content (AvgIpc) is 3.16. The lowest BCUT2D eigenvalue weighted by molar-refractivity contribution is -0.133. The summed E-state index contributed by atoms with van der Waals surface area (Å²) in [5.41, 5.74) is 2.57. The molecule has 0 unspecified atom stereocenters. The van der Waals surface area contributed by atoms with E-state index in [0.29, 0.717) is 18.4 Å².